The first-order valence-corrected chi connectivity index (χ1v) is 3.56. The predicted octanol–water partition coefficient (Wildman–Crippen LogP) is 0.479. The van der Waals surface area contributed by atoms with Crippen molar-refractivity contribution in [3.05, 3.63) is 0 Å². The highest BCUT2D eigenvalue weighted by molar-refractivity contribution is 5.78. The van der Waals surface area contributed by atoms with Crippen LogP contribution in [-0.2, 0) is 14.4 Å². The van der Waals surface area contributed by atoms with Crippen molar-refractivity contribution in [1.82, 2.24) is 5.48 Å². The van der Waals surface area contributed by atoms with Crippen LogP contribution in [0.1, 0.15) is 20.8 Å². The number of carbonyl (C=O) groups excluding carboxylic acids is 1. The molecule has 0 aromatic rings. The lowest BCUT2D eigenvalue weighted by molar-refractivity contribution is -0.175. The van der Waals surface area contributed by atoms with E-state index < -0.39 is 5.60 Å². The van der Waals surface area contributed by atoms with Crippen LogP contribution in [-0.4, -0.2) is 25.2 Å². The molecule has 0 atom stereocenters. The van der Waals surface area contributed by atoms with Gasteiger partial charge in [-0.25, -0.2) is 10.3 Å². The number of esters is 1. The topological polar surface area (TPSA) is 47.6 Å². The zero-order valence-corrected chi connectivity index (χ0v) is 7.43. The van der Waals surface area contributed by atoms with Gasteiger partial charge in [-0.2, -0.15) is 0 Å². The van der Waals surface area contributed by atoms with Gasteiger partial charge in [0.05, 0.1) is 6.61 Å². The third-order valence-corrected chi connectivity index (χ3v) is 1.12. The van der Waals surface area contributed by atoms with Crippen molar-refractivity contribution in [2.75, 3.05) is 13.7 Å². The van der Waals surface area contributed by atoms with E-state index in [4.69, 9.17) is 9.57 Å². The fourth-order valence-electron chi connectivity index (χ4n) is 0.602. The highest BCUT2D eigenvalue weighted by atomic mass is 16.7. The summed E-state index contributed by atoms with van der Waals surface area (Å²) in [5.41, 5.74) is 1.53. The van der Waals surface area contributed by atoms with Crippen molar-refractivity contribution < 1.29 is 14.4 Å². The first-order valence-electron chi connectivity index (χ1n) is 3.56. The Morgan fingerprint density at radius 2 is 2.09 bits per heavy atom. The Balaban J connectivity index is 3.94. The molecule has 0 aliphatic rings. The smallest absolute Gasteiger partial charge is 0.339 e. The lowest BCUT2D eigenvalue weighted by atomic mass is 10.1. The third-order valence-electron chi connectivity index (χ3n) is 1.12. The van der Waals surface area contributed by atoms with Gasteiger partial charge in [-0.1, -0.05) is 0 Å². The Hall–Kier alpha value is -0.610. The van der Waals surface area contributed by atoms with Gasteiger partial charge in [-0.15, -0.1) is 0 Å². The lowest BCUT2D eigenvalue weighted by Crippen LogP contribution is -2.40. The standard InChI is InChI=1S/C7H15NO3/c1-5-10-6(9)7(2,3)11-8-4/h8H,5H2,1-4H3. The summed E-state index contributed by atoms with van der Waals surface area (Å²) < 4.78 is 4.76. The van der Waals surface area contributed by atoms with Crippen LogP contribution in [0, 0.1) is 0 Å². The second-order valence-electron chi connectivity index (χ2n) is 2.54. The average molecular weight is 161 g/mol. The molecule has 0 amide bonds. The summed E-state index contributed by atoms with van der Waals surface area (Å²) in [5, 5.41) is 0. The van der Waals surface area contributed by atoms with Gasteiger partial charge < -0.3 is 4.74 Å². The van der Waals surface area contributed by atoms with Gasteiger partial charge in [0.25, 0.3) is 0 Å². The van der Waals surface area contributed by atoms with Crippen LogP contribution < -0.4 is 5.48 Å². The van der Waals surface area contributed by atoms with Gasteiger partial charge in [0, 0.05) is 7.05 Å². The Morgan fingerprint density at radius 3 is 2.45 bits per heavy atom. The summed E-state index contributed by atoms with van der Waals surface area (Å²) >= 11 is 0. The Kier molecular flexibility index (Phi) is 4.07. The molecular weight excluding hydrogens is 146 g/mol. The molecule has 0 unspecified atom stereocenters. The van der Waals surface area contributed by atoms with E-state index in [-0.39, 0.29) is 5.97 Å². The summed E-state index contributed by atoms with van der Waals surface area (Å²) in [4.78, 5) is 16.0. The van der Waals surface area contributed by atoms with E-state index >= 15 is 0 Å². The zero-order valence-electron chi connectivity index (χ0n) is 7.43. The number of nitrogens with one attached hydrogen (secondary N) is 1. The molecule has 0 aromatic heterocycles. The monoisotopic (exact) mass is 161 g/mol. The Labute approximate surface area is 66.8 Å². The van der Waals surface area contributed by atoms with E-state index in [9.17, 15) is 4.79 Å². The highest BCUT2D eigenvalue weighted by Gasteiger charge is 2.30. The van der Waals surface area contributed by atoms with E-state index in [1.807, 2.05) is 0 Å². The maximum absolute atomic E-state index is 11.1. The second kappa shape index (κ2) is 4.31. The van der Waals surface area contributed by atoms with Gasteiger partial charge >= 0.3 is 5.97 Å². The highest BCUT2D eigenvalue weighted by Crippen LogP contribution is 2.08. The first kappa shape index (κ1) is 10.4. The largest absolute Gasteiger partial charge is 0.464 e. The fourth-order valence-corrected chi connectivity index (χ4v) is 0.602. The van der Waals surface area contributed by atoms with Gasteiger partial charge in [0.1, 0.15) is 0 Å². The maximum atomic E-state index is 11.1. The molecule has 0 fully saturated rings. The number of carbonyl (C=O) groups is 1. The summed E-state index contributed by atoms with van der Waals surface area (Å²) in [5.74, 6) is -0.366. The summed E-state index contributed by atoms with van der Waals surface area (Å²) in [6.45, 7) is 5.41. The second-order valence-corrected chi connectivity index (χ2v) is 2.54. The molecular formula is C7H15NO3. The molecule has 1 N–H and O–H groups in total. The summed E-state index contributed by atoms with van der Waals surface area (Å²) in [6, 6.07) is 0. The molecule has 0 bridgehead atoms. The molecule has 11 heavy (non-hydrogen) atoms. The van der Waals surface area contributed by atoms with Crippen LogP contribution in [0.15, 0.2) is 0 Å². The van der Waals surface area contributed by atoms with Crippen LogP contribution >= 0.6 is 0 Å². The fraction of sp³-hybridized carbons (Fsp3) is 0.857. The van der Waals surface area contributed by atoms with Crippen LogP contribution in [0.4, 0.5) is 0 Å². The molecule has 4 heteroatoms. The molecule has 4 nitrogen and oxygen atoms in total. The van der Waals surface area contributed by atoms with Gasteiger partial charge in [-0.3, -0.25) is 4.84 Å². The molecule has 0 saturated carbocycles. The molecule has 0 aliphatic heterocycles. The molecule has 0 saturated heterocycles. The van der Waals surface area contributed by atoms with Gasteiger partial charge in [-0.05, 0) is 20.8 Å². The van der Waals surface area contributed by atoms with Crippen LogP contribution in [0.2, 0.25) is 0 Å². The van der Waals surface area contributed by atoms with E-state index in [2.05, 4.69) is 5.48 Å². The molecule has 0 heterocycles. The van der Waals surface area contributed by atoms with E-state index in [0.717, 1.165) is 0 Å². The van der Waals surface area contributed by atoms with Gasteiger partial charge in [0.15, 0.2) is 5.60 Å². The number of ether oxygens (including phenoxy) is 1. The Morgan fingerprint density at radius 1 is 1.55 bits per heavy atom. The van der Waals surface area contributed by atoms with Gasteiger partial charge in [0.2, 0.25) is 0 Å². The normalized spacial score (nSPS) is 11.3. The first-order chi connectivity index (χ1) is 5.04. The molecule has 66 valence electrons. The van der Waals surface area contributed by atoms with E-state index in [1.54, 1.807) is 27.8 Å². The number of rotatable bonds is 4. The van der Waals surface area contributed by atoms with Crippen molar-refractivity contribution in [2.45, 2.75) is 26.4 Å². The maximum Gasteiger partial charge on any atom is 0.339 e. The Bertz CT molecular complexity index is 134. The molecule has 0 radical (unpaired) electrons. The minimum absolute atomic E-state index is 0.366. The minimum Gasteiger partial charge on any atom is -0.464 e. The molecule has 0 rings (SSSR count). The zero-order chi connectivity index (χ0) is 8.91. The molecule has 0 aliphatic carbocycles. The van der Waals surface area contributed by atoms with E-state index in [0.29, 0.717) is 6.61 Å². The minimum atomic E-state index is -0.912. The van der Waals surface area contributed by atoms with Crippen LogP contribution in [0.5, 0.6) is 0 Å². The average Bonchev–Trinajstić information content (AvgIpc) is 1.88. The predicted molar refractivity (Wildman–Crippen MR) is 40.9 cm³/mol. The SMILES string of the molecule is CCOC(=O)C(C)(C)ONC. The number of hydrogen-bond donors (Lipinski definition) is 1. The van der Waals surface area contributed by atoms with Crippen molar-refractivity contribution in [3.8, 4) is 0 Å². The summed E-state index contributed by atoms with van der Waals surface area (Å²) in [6.07, 6.45) is 0. The van der Waals surface area contributed by atoms with Crippen molar-refractivity contribution in [1.29, 1.82) is 0 Å². The number of hydrogen-bond acceptors (Lipinski definition) is 4. The van der Waals surface area contributed by atoms with Crippen molar-refractivity contribution >= 4 is 5.97 Å². The van der Waals surface area contributed by atoms with Crippen molar-refractivity contribution in [3.63, 3.8) is 0 Å². The molecule has 0 aromatic carbocycles. The van der Waals surface area contributed by atoms with Crippen LogP contribution in [0.25, 0.3) is 0 Å². The van der Waals surface area contributed by atoms with Crippen molar-refractivity contribution in [2.24, 2.45) is 0 Å². The molecule has 0 spiro atoms. The lowest BCUT2D eigenvalue weighted by Gasteiger charge is -2.20. The van der Waals surface area contributed by atoms with E-state index in [1.165, 1.54) is 0 Å². The summed E-state index contributed by atoms with van der Waals surface area (Å²) in [7, 11) is 1.60. The van der Waals surface area contributed by atoms with Crippen LogP contribution in [0.3, 0.4) is 0 Å². The number of hydroxylamine groups is 1. The third kappa shape index (κ3) is 3.34. The quantitative estimate of drug-likeness (QED) is 0.481.